The van der Waals surface area contributed by atoms with E-state index in [9.17, 15) is 0 Å². The standard InChI is InChI=1S/C14H23ClN4/c1-9-11(16)12(18-13(15)17-9)19-7-5-10(6-8-19)14(2,3)4/h10H,5-8,16H2,1-4H3. The predicted octanol–water partition coefficient (Wildman–Crippen LogP) is 3.28. The first-order chi connectivity index (χ1) is 8.79. The number of aromatic nitrogens is 2. The predicted molar refractivity (Wildman–Crippen MR) is 80.6 cm³/mol. The van der Waals surface area contributed by atoms with Gasteiger partial charge in [0.25, 0.3) is 0 Å². The first kappa shape index (κ1) is 14.4. The van der Waals surface area contributed by atoms with Gasteiger partial charge in [-0.25, -0.2) is 4.98 Å². The van der Waals surface area contributed by atoms with E-state index < -0.39 is 0 Å². The van der Waals surface area contributed by atoms with Gasteiger partial charge in [0.15, 0.2) is 5.82 Å². The maximum atomic E-state index is 6.08. The Kier molecular flexibility index (Phi) is 3.90. The normalized spacial score (nSPS) is 17.8. The lowest BCUT2D eigenvalue weighted by Crippen LogP contribution is -2.38. The summed E-state index contributed by atoms with van der Waals surface area (Å²) in [6.07, 6.45) is 2.34. The van der Waals surface area contributed by atoms with Crippen LogP contribution in [0.5, 0.6) is 0 Å². The molecule has 0 aliphatic carbocycles. The van der Waals surface area contributed by atoms with E-state index in [4.69, 9.17) is 17.3 Å². The van der Waals surface area contributed by atoms with Crippen molar-refractivity contribution in [2.75, 3.05) is 23.7 Å². The highest BCUT2D eigenvalue weighted by Crippen LogP contribution is 2.36. The number of rotatable bonds is 1. The van der Waals surface area contributed by atoms with Crippen molar-refractivity contribution in [1.29, 1.82) is 0 Å². The average Bonchev–Trinajstić information content (AvgIpc) is 2.33. The molecule has 0 aromatic carbocycles. The monoisotopic (exact) mass is 282 g/mol. The smallest absolute Gasteiger partial charge is 0.224 e. The first-order valence-electron chi connectivity index (χ1n) is 6.83. The summed E-state index contributed by atoms with van der Waals surface area (Å²) in [5.41, 5.74) is 7.86. The maximum absolute atomic E-state index is 6.08. The fourth-order valence-corrected chi connectivity index (χ4v) is 2.94. The molecule has 4 nitrogen and oxygen atoms in total. The molecule has 19 heavy (non-hydrogen) atoms. The van der Waals surface area contributed by atoms with Crippen LogP contribution in [0.3, 0.4) is 0 Å². The van der Waals surface area contributed by atoms with Crippen molar-refractivity contribution in [3.63, 3.8) is 0 Å². The van der Waals surface area contributed by atoms with Crippen LogP contribution in [0, 0.1) is 18.3 Å². The molecule has 0 saturated carbocycles. The molecule has 1 aliphatic rings. The zero-order valence-electron chi connectivity index (χ0n) is 12.2. The Hall–Kier alpha value is -1.03. The molecular weight excluding hydrogens is 260 g/mol. The molecule has 1 aromatic heterocycles. The third kappa shape index (κ3) is 3.11. The molecule has 1 aliphatic heterocycles. The number of nitrogens with zero attached hydrogens (tertiary/aromatic N) is 3. The second kappa shape index (κ2) is 5.16. The lowest BCUT2D eigenvalue weighted by Gasteiger charge is -2.39. The van der Waals surface area contributed by atoms with Gasteiger partial charge < -0.3 is 10.6 Å². The van der Waals surface area contributed by atoms with Gasteiger partial charge in [0.2, 0.25) is 5.28 Å². The molecule has 2 N–H and O–H groups in total. The fourth-order valence-electron chi connectivity index (χ4n) is 2.73. The molecule has 1 aromatic rings. The summed E-state index contributed by atoms with van der Waals surface area (Å²) < 4.78 is 0. The van der Waals surface area contributed by atoms with Crippen LogP contribution in [0.4, 0.5) is 11.5 Å². The van der Waals surface area contributed by atoms with Gasteiger partial charge in [-0.05, 0) is 42.7 Å². The molecule has 0 amide bonds. The zero-order valence-corrected chi connectivity index (χ0v) is 13.0. The first-order valence-corrected chi connectivity index (χ1v) is 7.21. The second-order valence-corrected chi connectivity index (χ2v) is 6.78. The fraction of sp³-hybridized carbons (Fsp3) is 0.714. The summed E-state index contributed by atoms with van der Waals surface area (Å²) in [4.78, 5) is 10.6. The number of hydrogen-bond donors (Lipinski definition) is 1. The zero-order chi connectivity index (χ0) is 14.2. The van der Waals surface area contributed by atoms with E-state index in [-0.39, 0.29) is 5.28 Å². The highest BCUT2D eigenvalue weighted by Gasteiger charge is 2.30. The van der Waals surface area contributed by atoms with Gasteiger partial charge in [0, 0.05) is 13.1 Å². The van der Waals surface area contributed by atoms with Gasteiger partial charge in [-0.15, -0.1) is 0 Å². The Bertz CT molecular complexity index is 459. The summed E-state index contributed by atoms with van der Waals surface area (Å²) in [5.74, 6) is 1.55. The Morgan fingerprint density at radius 2 is 1.79 bits per heavy atom. The highest BCUT2D eigenvalue weighted by atomic mass is 35.5. The van der Waals surface area contributed by atoms with Gasteiger partial charge in [-0.2, -0.15) is 4.98 Å². The number of aryl methyl sites for hydroxylation is 1. The van der Waals surface area contributed by atoms with Crippen molar-refractivity contribution < 1.29 is 0 Å². The van der Waals surface area contributed by atoms with Gasteiger partial charge in [-0.1, -0.05) is 20.8 Å². The number of nitrogen functional groups attached to an aromatic ring is 1. The quantitative estimate of drug-likeness (QED) is 0.803. The molecule has 0 bridgehead atoms. The van der Waals surface area contributed by atoms with Gasteiger partial charge >= 0.3 is 0 Å². The number of hydrogen-bond acceptors (Lipinski definition) is 4. The SMILES string of the molecule is Cc1nc(Cl)nc(N2CCC(C(C)(C)C)CC2)c1N. The number of nitrogens with two attached hydrogens (primary N) is 1. The lowest BCUT2D eigenvalue weighted by molar-refractivity contribution is 0.199. The van der Waals surface area contributed by atoms with Crippen LogP contribution in [0.2, 0.25) is 5.28 Å². The average molecular weight is 283 g/mol. The third-order valence-electron chi connectivity index (χ3n) is 4.11. The molecule has 0 unspecified atom stereocenters. The third-order valence-corrected chi connectivity index (χ3v) is 4.28. The number of anilines is 2. The minimum absolute atomic E-state index is 0.277. The molecular formula is C14H23ClN4. The van der Waals surface area contributed by atoms with E-state index in [1.54, 1.807) is 0 Å². The van der Waals surface area contributed by atoms with E-state index in [1.165, 1.54) is 12.8 Å². The van der Waals surface area contributed by atoms with Crippen LogP contribution in [0.15, 0.2) is 0 Å². The van der Waals surface area contributed by atoms with Crippen LogP contribution < -0.4 is 10.6 Å². The summed E-state index contributed by atoms with van der Waals surface area (Å²) in [6, 6.07) is 0. The van der Waals surface area contributed by atoms with Crippen molar-refractivity contribution in [1.82, 2.24) is 9.97 Å². The van der Waals surface area contributed by atoms with E-state index in [0.717, 1.165) is 30.5 Å². The van der Waals surface area contributed by atoms with E-state index in [2.05, 4.69) is 35.6 Å². The summed E-state index contributed by atoms with van der Waals surface area (Å²) in [6.45, 7) is 10.8. The van der Waals surface area contributed by atoms with Crippen LogP contribution in [-0.2, 0) is 0 Å². The molecule has 1 saturated heterocycles. The minimum atomic E-state index is 0.277. The summed E-state index contributed by atoms with van der Waals surface area (Å²) >= 11 is 5.94. The van der Waals surface area contributed by atoms with Crippen LogP contribution in [-0.4, -0.2) is 23.1 Å². The van der Waals surface area contributed by atoms with E-state index >= 15 is 0 Å². The van der Waals surface area contributed by atoms with Crippen LogP contribution in [0.1, 0.15) is 39.3 Å². The van der Waals surface area contributed by atoms with Crippen LogP contribution >= 0.6 is 11.6 Å². The summed E-state index contributed by atoms with van der Waals surface area (Å²) in [7, 11) is 0. The largest absolute Gasteiger partial charge is 0.394 e. The Morgan fingerprint density at radius 1 is 1.21 bits per heavy atom. The minimum Gasteiger partial charge on any atom is -0.394 e. The van der Waals surface area contributed by atoms with Crippen LogP contribution in [0.25, 0.3) is 0 Å². The second-order valence-electron chi connectivity index (χ2n) is 6.44. The Balaban J connectivity index is 2.14. The van der Waals surface area contributed by atoms with Crippen molar-refractivity contribution in [3.05, 3.63) is 11.0 Å². The molecule has 2 rings (SSSR count). The molecule has 1 fully saturated rings. The van der Waals surface area contributed by atoms with Gasteiger partial charge in [0.1, 0.15) is 0 Å². The molecule has 0 spiro atoms. The highest BCUT2D eigenvalue weighted by molar-refractivity contribution is 6.28. The lowest BCUT2D eigenvalue weighted by atomic mass is 9.75. The topological polar surface area (TPSA) is 55.0 Å². The molecule has 106 valence electrons. The van der Waals surface area contributed by atoms with Gasteiger partial charge in [0.05, 0.1) is 11.4 Å². The number of piperidine rings is 1. The Morgan fingerprint density at radius 3 is 2.32 bits per heavy atom. The van der Waals surface area contributed by atoms with Crippen molar-refractivity contribution >= 4 is 23.1 Å². The van der Waals surface area contributed by atoms with E-state index in [0.29, 0.717) is 11.1 Å². The molecule has 5 heteroatoms. The molecule has 0 radical (unpaired) electrons. The number of halogens is 1. The Labute approximate surface area is 120 Å². The molecule has 2 heterocycles. The van der Waals surface area contributed by atoms with E-state index in [1.807, 2.05) is 6.92 Å². The summed E-state index contributed by atoms with van der Waals surface area (Å²) in [5, 5.41) is 0.277. The van der Waals surface area contributed by atoms with Crippen molar-refractivity contribution in [2.45, 2.75) is 40.5 Å². The van der Waals surface area contributed by atoms with Crippen molar-refractivity contribution in [2.24, 2.45) is 11.3 Å². The van der Waals surface area contributed by atoms with Gasteiger partial charge in [-0.3, -0.25) is 0 Å². The van der Waals surface area contributed by atoms with Crippen molar-refractivity contribution in [3.8, 4) is 0 Å². The molecule has 0 atom stereocenters. The maximum Gasteiger partial charge on any atom is 0.224 e.